The smallest absolute Gasteiger partial charge is 0.127 e. The van der Waals surface area contributed by atoms with Gasteiger partial charge >= 0.3 is 0 Å². The Balaban J connectivity index is 1.96. The van der Waals surface area contributed by atoms with E-state index >= 15 is 0 Å². The summed E-state index contributed by atoms with van der Waals surface area (Å²) >= 11 is 0. The normalized spacial score (nSPS) is 28.8. The average Bonchev–Trinajstić information content (AvgIpc) is 2.66. The van der Waals surface area contributed by atoms with Gasteiger partial charge in [0, 0.05) is 18.5 Å². The number of fused-ring (bicyclic) bond motifs is 1. The summed E-state index contributed by atoms with van der Waals surface area (Å²) in [4.78, 5) is 0. The Kier molecular flexibility index (Phi) is 1.89. The van der Waals surface area contributed by atoms with Crippen molar-refractivity contribution >= 4 is 0 Å². The molecule has 1 saturated heterocycles. The summed E-state index contributed by atoms with van der Waals surface area (Å²) in [5.41, 5.74) is 0.955. The zero-order valence-electron chi connectivity index (χ0n) is 8.62. The van der Waals surface area contributed by atoms with Crippen LogP contribution in [0, 0.1) is 0 Å². The van der Waals surface area contributed by atoms with Crippen LogP contribution in [0.2, 0.25) is 0 Å². The van der Waals surface area contributed by atoms with Gasteiger partial charge in [0.25, 0.3) is 0 Å². The van der Waals surface area contributed by atoms with Gasteiger partial charge in [-0.2, -0.15) is 0 Å². The fraction of sp³-hybridized carbons (Fsp3) is 0.500. The SMILES string of the molecule is Oc1cccc2c1CC[C@]1(CCNC1)O2. The van der Waals surface area contributed by atoms with Crippen LogP contribution in [0.1, 0.15) is 18.4 Å². The third-order valence-corrected chi connectivity index (χ3v) is 3.47. The molecule has 3 rings (SSSR count). The molecular formula is C12H15NO2. The van der Waals surface area contributed by atoms with Crippen LogP contribution in [0.25, 0.3) is 0 Å². The van der Waals surface area contributed by atoms with Gasteiger partial charge in [-0.15, -0.1) is 0 Å². The molecule has 1 fully saturated rings. The minimum Gasteiger partial charge on any atom is -0.508 e. The summed E-state index contributed by atoms with van der Waals surface area (Å²) in [6.07, 6.45) is 3.00. The van der Waals surface area contributed by atoms with Crippen LogP contribution >= 0.6 is 0 Å². The van der Waals surface area contributed by atoms with Crippen molar-refractivity contribution in [1.29, 1.82) is 0 Å². The van der Waals surface area contributed by atoms with Crippen LogP contribution in [0.3, 0.4) is 0 Å². The Bertz CT molecular complexity index is 383. The lowest BCUT2D eigenvalue weighted by molar-refractivity contribution is 0.0656. The highest BCUT2D eigenvalue weighted by molar-refractivity contribution is 5.45. The number of phenolic OH excluding ortho intramolecular Hbond substituents is 1. The number of hydrogen-bond donors (Lipinski definition) is 2. The zero-order chi connectivity index (χ0) is 10.3. The molecule has 0 unspecified atom stereocenters. The van der Waals surface area contributed by atoms with E-state index in [2.05, 4.69) is 5.32 Å². The number of phenols is 1. The predicted molar refractivity (Wildman–Crippen MR) is 57.3 cm³/mol. The minimum absolute atomic E-state index is 0.0131. The molecule has 15 heavy (non-hydrogen) atoms. The van der Waals surface area contributed by atoms with Crippen molar-refractivity contribution in [2.24, 2.45) is 0 Å². The second-order valence-corrected chi connectivity index (χ2v) is 4.47. The lowest BCUT2D eigenvalue weighted by Gasteiger charge is -2.35. The minimum atomic E-state index is -0.0131. The fourth-order valence-electron chi connectivity index (χ4n) is 2.56. The first-order valence-corrected chi connectivity index (χ1v) is 5.50. The van der Waals surface area contributed by atoms with Crippen molar-refractivity contribution in [3.8, 4) is 11.5 Å². The summed E-state index contributed by atoms with van der Waals surface area (Å²) in [6, 6.07) is 5.52. The Morgan fingerprint density at radius 2 is 2.27 bits per heavy atom. The van der Waals surface area contributed by atoms with Crippen molar-refractivity contribution in [3.63, 3.8) is 0 Å². The van der Waals surface area contributed by atoms with E-state index in [0.717, 1.165) is 43.7 Å². The number of nitrogens with one attached hydrogen (secondary N) is 1. The molecule has 0 amide bonds. The number of aromatic hydroxyl groups is 1. The fourth-order valence-corrected chi connectivity index (χ4v) is 2.56. The molecule has 1 spiro atoms. The number of ether oxygens (including phenoxy) is 1. The molecule has 1 aromatic carbocycles. The van der Waals surface area contributed by atoms with Crippen LogP contribution in [-0.2, 0) is 6.42 Å². The van der Waals surface area contributed by atoms with E-state index in [9.17, 15) is 5.11 Å². The quantitative estimate of drug-likeness (QED) is 0.673. The third-order valence-electron chi connectivity index (χ3n) is 3.47. The zero-order valence-corrected chi connectivity index (χ0v) is 8.62. The van der Waals surface area contributed by atoms with E-state index in [1.807, 2.05) is 12.1 Å². The monoisotopic (exact) mass is 205 g/mol. The maximum atomic E-state index is 9.69. The first-order chi connectivity index (χ1) is 7.29. The van der Waals surface area contributed by atoms with Crippen LogP contribution in [-0.4, -0.2) is 23.8 Å². The standard InChI is InChI=1S/C12H15NO2/c14-10-2-1-3-11-9(10)4-5-12(15-11)6-7-13-8-12/h1-3,13-14H,4-8H2/t12-/m1/s1. The molecule has 2 aliphatic rings. The van der Waals surface area contributed by atoms with Gasteiger partial charge in [0.15, 0.2) is 0 Å². The van der Waals surface area contributed by atoms with Gasteiger partial charge < -0.3 is 15.2 Å². The molecule has 2 heterocycles. The maximum Gasteiger partial charge on any atom is 0.127 e. The van der Waals surface area contributed by atoms with Crippen LogP contribution in [0.5, 0.6) is 11.5 Å². The lowest BCUT2D eigenvalue weighted by atomic mass is 9.90. The number of benzene rings is 1. The van der Waals surface area contributed by atoms with Gasteiger partial charge in [-0.3, -0.25) is 0 Å². The van der Waals surface area contributed by atoms with Crippen LogP contribution < -0.4 is 10.1 Å². The molecule has 1 aromatic rings. The van der Waals surface area contributed by atoms with Crippen molar-refractivity contribution in [2.45, 2.75) is 24.9 Å². The highest BCUT2D eigenvalue weighted by Gasteiger charge is 2.39. The van der Waals surface area contributed by atoms with Gasteiger partial charge in [0.05, 0.1) is 0 Å². The largest absolute Gasteiger partial charge is 0.508 e. The van der Waals surface area contributed by atoms with Crippen LogP contribution in [0.15, 0.2) is 18.2 Å². The molecule has 0 aliphatic carbocycles. The highest BCUT2D eigenvalue weighted by Crippen LogP contribution is 2.39. The maximum absolute atomic E-state index is 9.69. The summed E-state index contributed by atoms with van der Waals surface area (Å²) in [7, 11) is 0. The molecule has 3 nitrogen and oxygen atoms in total. The van der Waals surface area contributed by atoms with Crippen molar-refractivity contribution in [3.05, 3.63) is 23.8 Å². The molecule has 1 atom stereocenters. The molecule has 0 radical (unpaired) electrons. The van der Waals surface area contributed by atoms with Crippen molar-refractivity contribution in [1.82, 2.24) is 5.32 Å². The Hall–Kier alpha value is -1.22. The van der Waals surface area contributed by atoms with Gasteiger partial charge in [0.1, 0.15) is 17.1 Å². The molecule has 3 heteroatoms. The topological polar surface area (TPSA) is 41.5 Å². The highest BCUT2D eigenvalue weighted by atomic mass is 16.5. The van der Waals surface area contributed by atoms with Crippen LogP contribution in [0.4, 0.5) is 0 Å². The van der Waals surface area contributed by atoms with E-state index in [1.54, 1.807) is 6.07 Å². The summed E-state index contributed by atoms with van der Waals surface area (Å²) in [5, 5.41) is 13.0. The lowest BCUT2D eigenvalue weighted by Crippen LogP contribution is -2.41. The van der Waals surface area contributed by atoms with E-state index in [1.165, 1.54) is 0 Å². The van der Waals surface area contributed by atoms with Gasteiger partial charge in [-0.05, 0) is 31.5 Å². The van der Waals surface area contributed by atoms with Crippen molar-refractivity contribution in [2.75, 3.05) is 13.1 Å². The predicted octanol–water partition coefficient (Wildman–Crippen LogP) is 1.45. The summed E-state index contributed by atoms with van der Waals surface area (Å²) in [6.45, 7) is 1.97. The van der Waals surface area contributed by atoms with E-state index < -0.39 is 0 Å². The summed E-state index contributed by atoms with van der Waals surface area (Å²) in [5.74, 6) is 1.23. The molecule has 80 valence electrons. The molecule has 0 saturated carbocycles. The molecular weight excluding hydrogens is 190 g/mol. The van der Waals surface area contributed by atoms with Crippen molar-refractivity contribution < 1.29 is 9.84 Å². The van der Waals surface area contributed by atoms with Gasteiger partial charge in [0.2, 0.25) is 0 Å². The first kappa shape index (κ1) is 9.04. The molecule has 2 aliphatic heterocycles. The Labute approximate surface area is 89.1 Å². The van der Waals surface area contributed by atoms with E-state index in [0.29, 0.717) is 5.75 Å². The molecule has 0 bridgehead atoms. The van der Waals surface area contributed by atoms with Gasteiger partial charge in [-0.25, -0.2) is 0 Å². The first-order valence-electron chi connectivity index (χ1n) is 5.50. The number of rotatable bonds is 0. The third kappa shape index (κ3) is 1.38. The Morgan fingerprint density at radius 1 is 1.33 bits per heavy atom. The van der Waals surface area contributed by atoms with Gasteiger partial charge in [-0.1, -0.05) is 6.07 Å². The summed E-state index contributed by atoms with van der Waals surface area (Å²) < 4.78 is 6.04. The average molecular weight is 205 g/mol. The second kappa shape index (κ2) is 3.14. The van der Waals surface area contributed by atoms with E-state index in [-0.39, 0.29) is 5.60 Å². The second-order valence-electron chi connectivity index (χ2n) is 4.47. The molecule has 2 N–H and O–H groups in total. The molecule has 0 aromatic heterocycles. The Morgan fingerprint density at radius 3 is 3.07 bits per heavy atom. The van der Waals surface area contributed by atoms with E-state index in [4.69, 9.17) is 4.74 Å². The number of hydrogen-bond acceptors (Lipinski definition) is 3.